The van der Waals surface area contributed by atoms with E-state index in [0.29, 0.717) is 28.6 Å². The number of nitrogen functional groups attached to an aromatic ring is 1. The number of carbonyl (C=O) groups excluding carboxylic acids is 2. The largest absolute Gasteiger partial charge is 0.375 e. The van der Waals surface area contributed by atoms with Gasteiger partial charge in [0.1, 0.15) is 11.4 Å². The normalized spacial score (nSPS) is 11.3. The third-order valence-corrected chi connectivity index (χ3v) is 6.67. The molecule has 0 saturated heterocycles. The molecule has 0 atom stereocenters. The van der Waals surface area contributed by atoms with Gasteiger partial charge >= 0.3 is 0 Å². The average molecular weight is 463 g/mol. The molecule has 8 nitrogen and oxygen atoms in total. The lowest BCUT2D eigenvalue weighted by molar-refractivity contribution is 0.0786. The number of hydrogen-bond acceptors (Lipinski definition) is 7. The lowest BCUT2D eigenvalue weighted by atomic mass is 10.2. The lowest BCUT2D eigenvalue weighted by Gasteiger charge is -2.17. The Kier molecular flexibility index (Phi) is 4.87. The topological polar surface area (TPSA) is 120 Å². The van der Waals surface area contributed by atoms with Crippen LogP contribution in [0, 0.1) is 0 Å². The first kappa shape index (κ1) is 20.2. The molecule has 4 aromatic heterocycles. The van der Waals surface area contributed by atoms with Crippen LogP contribution in [-0.4, -0.2) is 38.1 Å². The Bertz CT molecular complexity index is 1490. The van der Waals surface area contributed by atoms with Crippen LogP contribution in [0.2, 0.25) is 0 Å². The molecule has 4 N–H and O–H groups in total. The van der Waals surface area contributed by atoms with E-state index in [2.05, 4.69) is 9.97 Å². The van der Waals surface area contributed by atoms with Crippen LogP contribution < -0.4 is 11.5 Å². The predicted octanol–water partition coefficient (Wildman–Crippen LogP) is 3.63. The number of amides is 2. The fourth-order valence-electron chi connectivity index (χ4n) is 3.71. The minimum absolute atomic E-state index is 0.211. The smallest absolute Gasteiger partial charge is 0.268 e. The van der Waals surface area contributed by atoms with Crippen LogP contribution >= 0.6 is 22.7 Å². The highest BCUT2D eigenvalue weighted by Crippen LogP contribution is 2.28. The van der Waals surface area contributed by atoms with Gasteiger partial charge in [-0.05, 0) is 41.3 Å². The van der Waals surface area contributed by atoms with Crippen molar-refractivity contribution in [3.8, 4) is 11.3 Å². The fourth-order valence-corrected chi connectivity index (χ4v) is 5.15. The Morgan fingerprint density at radius 2 is 2.03 bits per heavy atom. The molecular formula is C22H18N6O2S2. The molecule has 10 heteroatoms. The molecule has 0 aliphatic carbocycles. The van der Waals surface area contributed by atoms with Crippen LogP contribution in [0.25, 0.3) is 27.1 Å². The van der Waals surface area contributed by atoms with Crippen LogP contribution in [0.4, 0.5) is 5.13 Å². The van der Waals surface area contributed by atoms with Crippen molar-refractivity contribution in [2.75, 3.05) is 12.8 Å². The van der Waals surface area contributed by atoms with Gasteiger partial charge in [0.25, 0.3) is 11.8 Å². The van der Waals surface area contributed by atoms with E-state index in [1.807, 2.05) is 35.0 Å². The zero-order chi connectivity index (χ0) is 22.4. The Morgan fingerprint density at radius 3 is 2.78 bits per heavy atom. The van der Waals surface area contributed by atoms with Gasteiger partial charge in [-0.2, -0.15) is 11.3 Å². The number of nitrogens with two attached hydrogens (primary N) is 2. The molecule has 1 aromatic carbocycles. The number of hydrogen-bond donors (Lipinski definition) is 2. The second-order valence-corrected chi connectivity index (χ2v) is 9.16. The van der Waals surface area contributed by atoms with Crippen LogP contribution in [-0.2, 0) is 6.54 Å². The summed E-state index contributed by atoms with van der Waals surface area (Å²) in [5.41, 5.74) is 15.5. The summed E-state index contributed by atoms with van der Waals surface area (Å²) in [6.45, 7) is 0.397. The average Bonchev–Trinajstić information content (AvgIpc) is 3.49. The minimum Gasteiger partial charge on any atom is -0.375 e. The second-order valence-electron chi connectivity index (χ2n) is 7.32. The number of nitrogens with zero attached hydrogens (tertiary/aromatic N) is 4. The number of benzene rings is 1. The highest BCUT2D eigenvalue weighted by molar-refractivity contribution is 7.22. The van der Waals surface area contributed by atoms with Crippen LogP contribution in [0.1, 0.15) is 26.4 Å². The molecule has 5 rings (SSSR count). The minimum atomic E-state index is -0.603. The van der Waals surface area contributed by atoms with Gasteiger partial charge in [0, 0.05) is 30.7 Å². The molecule has 0 aliphatic heterocycles. The first-order chi connectivity index (χ1) is 15.4. The predicted molar refractivity (Wildman–Crippen MR) is 127 cm³/mol. The summed E-state index contributed by atoms with van der Waals surface area (Å²) in [4.78, 5) is 36.1. The highest BCUT2D eigenvalue weighted by Gasteiger charge is 2.24. The highest BCUT2D eigenvalue weighted by atomic mass is 32.1. The number of fused-ring (bicyclic) bond motifs is 2. The Balaban J connectivity index is 1.52. The molecule has 160 valence electrons. The maximum absolute atomic E-state index is 13.3. The number of imidazole rings is 1. The van der Waals surface area contributed by atoms with Crippen molar-refractivity contribution in [1.82, 2.24) is 19.3 Å². The first-order valence-electron chi connectivity index (χ1n) is 9.66. The monoisotopic (exact) mass is 462 g/mol. The summed E-state index contributed by atoms with van der Waals surface area (Å²) in [7, 11) is 1.73. The molecule has 32 heavy (non-hydrogen) atoms. The number of anilines is 1. The van der Waals surface area contributed by atoms with Gasteiger partial charge in [-0.3, -0.25) is 14.0 Å². The van der Waals surface area contributed by atoms with Gasteiger partial charge in [0.2, 0.25) is 0 Å². The van der Waals surface area contributed by atoms with Gasteiger partial charge in [-0.15, -0.1) is 0 Å². The molecule has 0 aliphatic rings. The molecule has 0 spiro atoms. The lowest BCUT2D eigenvalue weighted by Crippen LogP contribution is -2.26. The van der Waals surface area contributed by atoms with Crippen molar-refractivity contribution in [2.45, 2.75) is 6.54 Å². The molecule has 0 radical (unpaired) electrons. The first-order valence-corrected chi connectivity index (χ1v) is 11.4. The molecule has 0 fully saturated rings. The summed E-state index contributed by atoms with van der Waals surface area (Å²) < 4.78 is 2.56. The number of primary amides is 1. The van der Waals surface area contributed by atoms with E-state index in [1.165, 1.54) is 22.7 Å². The van der Waals surface area contributed by atoms with Crippen molar-refractivity contribution < 1.29 is 9.59 Å². The van der Waals surface area contributed by atoms with E-state index in [1.54, 1.807) is 34.7 Å². The Labute approximate surface area is 190 Å². The van der Waals surface area contributed by atoms with E-state index in [9.17, 15) is 9.59 Å². The molecule has 4 heterocycles. The number of carbonyl (C=O) groups is 2. The molecular weight excluding hydrogens is 444 g/mol. The standard InChI is InChI=1S/C22H18N6O2S2/c1-27(10-12-4-5-15-16(9-12)32-22(24)25-15)21(30)14-3-2-7-28-18(19(23)29)17(26-20(14)28)13-6-8-31-11-13/h2-9,11H,10H2,1H3,(H2,23,29)(H2,24,25). The van der Waals surface area contributed by atoms with Crippen molar-refractivity contribution >= 4 is 55.5 Å². The number of thiophene rings is 1. The second kappa shape index (κ2) is 7.74. The van der Waals surface area contributed by atoms with E-state index < -0.39 is 5.91 Å². The third-order valence-electron chi connectivity index (χ3n) is 5.14. The van der Waals surface area contributed by atoms with Gasteiger partial charge in [-0.1, -0.05) is 17.4 Å². The van der Waals surface area contributed by atoms with Crippen LogP contribution in [0.15, 0.2) is 53.4 Å². The maximum atomic E-state index is 13.3. The number of thiazole rings is 1. The molecule has 0 saturated carbocycles. The quantitative estimate of drug-likeness (QED) is 0.413. The summed E-state index contributed by atoms with van der Waals surface area (Å²) in [6.07, 6.45) is 1.69. The SMILES string of the molecule is CN(Cc1ccc2nc(N)sc2c1)C(=O)c1cccn2c(C(N)=O)c(-c3ccsc3)nc12. The number of aromatic nitrogens is 3. The van der Waals surface area contributed by atoms with Crippen molar-refractivity contribution in [1.29, 1.82) is 0 Å². The van der Waals surface area contributed by atoms with E-state index in [4.69, 9.17) is 11.5 Å². The van der Waals surface area contributed by atoms with Crippen molar-refractivity contribution in [3.63, 3.8) is 0 Å². The van der Waals surface area contributed by atoms with Crippen LogP contribution in [0.3, 0.4) is 0 Å². The summed E-state index contributed by atoms with van der Waals surface area (Å²) in [6, 6.07) is 11.1. The number of pyridine rings is 1. The Morgan fingerprint density at radius 1 is 1.19 bits per heavy atom. The number of rotatable bonds is 5. The van der Waals surface area contributed by atoms with Crippen LogP contribution in [0.5, 0.6) is 0 Å². The van der Waals surface area contributed by atoms with E-state index >= 15 is 0 Å². The molecule has 2 amide bonds. The summed E-state index contributed by atoms with van der Waals surface area (Å²) in [5.74, 6) is -0.814. The van der Waals surface area contributed by atoms with Gasteiger partial charge in [0.15, 0.2) is 10.8 Å². The van der Waals surface area contributed by atoms with Crippen molar-refractivity contribution in [2.24, 2.45) is 5.73 Å². The summed E-state index contributed by atoms with van der Waals surface area (Å²) in [5, 5.41) is 4.31. The molecule has 0 bridgehead atoms. The summed E-state index contributed by atoms with van der Waals surface area (Å²) >= 11 is 2.91. The van der Waals surface area contributed by atoms with Crippen molar-refractivity contribution in [3.05, 3.63) is 70.2 Å². The Hall–Kier alpha value is -3.76. The fraction of sp³-hybridized carbons (Fsp3) is 0.0909. The molecule has 5 aromatic rings. The van der Waals surface area contributed by atoms with Gasteiger partial charge in [0.05, 0.1) is 15.8 Å². The van der Waals surface area contributed by atoms with E-state index in [0.717, 1.165) is 21.3 Å². The van der Waals surface area contributed by atoms with E-state index in [-0.39, 0.29) is 11.6 Å². The zero-order valence-corrected chi connectivity index (χ0v) is 18.6. The van der Waals surface area contributed by atoms with Gasteiger partial charge < -0.3 is 16.4 Å². The third kappa shape index (κ3) is 3.39. The van der Waals surface area contributed by atoms with Gasteiger partial charge in [-0.25, -0.2) is 9.97 Å². The maximum Gasteiger partial charge on any atom is 0.268 e. The molecule has 0 unspecified atom stereocenters. The zero-order valence-electron chi connectivity index (χ0n) is 17.0.